The van der Waals surface area contributed by atoms with Crippen LogP contribution in [0.25, 0.3) is 11.1 Å². The van der Waals surface area contributed by atoms with E-state index in [-0.39, 0.29) is 31.8 Å². The predicted octanol–water partition coefficient (Wildman–Crippen LogP) is 6.27. The first-order chi connectivity index (χ1) is 21.2. The number of halogens is 1. The summed E-state index contributed by atoms with van der Waals surface area (Å²) in [6, 6.07) is 19.1. The highest BCUT2D eigenvalue weighted by Gasteiger charge is 2.17. The van der Waals surface area contributed by atoms with Gasteiger partial charge in [-0.2, -0.15) is 5.26 Å². The number of hydrogen-bond donors (Lipinski definition) is 3. The molecule has 4 aromatic rings. The van der Waals surface area contributed by atoms with Crippen molar-refractivity contribution in [2.24, 2.45) is 0 Å². The fraction of sp³-hybridized carbons (Fsp3) is 0.286. The van der Waals surface area contributed by atoms with E-state index in [9.17, 15) is 15.2 Å². The molecule has 1 amide bonds. The first kappa shape index (κ1) is 32.5. The van der Waals surface area contributed by atoms with E-state index in [0.717, 1.165) is 38.9 Å². The number of nitrogens with one attached hydrogen (secondary N) is 2. The van der Waals surface area contributed by atoms with Gasteiger partial charge in [-0.15, -0.1) is 0 Å². The third kappa shape index (κ3) is 7.94. The minimum absolute atomic E-state index is 0.00803. The highest BCUT2D eigenvalue weighted by Crippen LogP contribution is 2.35. The molecule has 1 heterocycles. The number of ether oxygens (including phenoxy) is 2. The van der Waals surface area contributed by atoms with Crippen LogP contribution < -0.4 is 20.1 Å². The number of aromatic nitrogens is 1. The molecule has 0 spiro atoms. The molecule has 0 saturated carbocycles. The number of hydrogen-bond acceptors (Lipinski definition) is 7. The first-order valence-corrected chi connectivity index (χ1v) is 14.9. The van der Waals surface area contributed by atoms with Gasteiger partial charge < -0.3 is 25.2 Å². The number of rotatable bonds is 13. The molecule has 1 aromatic heterocycles. The molecule has 4 rings (SSSR count). The maximum absolute atomic E-state index is 12.6. The lowest BCUT2D eigenvalue weighted by molar-refractivity contribution is 0.0955. The van der Waals surface area contributed by atoms with Crippen LogP contribution in [0.15, 0.2) is 67.0 Å². The van der Waals surface area contributed by atoms with Crippen LogP contribution >= 0.6 is 11.6 Å². The number of nitrogens with zero attached hydrogens (tertiary/aromatic N) is 2. The number of aliphatic hydroxyl groups excluding tert-OH is 1. The Kier molecular flexibility index (Phi) is 11.3. The zero-order valence-electron chi connectivity index (χ0n) is 25.4. The Bertz CT molecular complexity index is 1670. The molecule has 0 bridgehead atoms. The van der Waals surface area contributed by atoms with Gasteiger partial charge in [-0.1, -0.05) is 41.9 Å². The standard InChI is InChI=1S/C35H37ClN4O4/c1-5-39-35(42)31-11-7-10-30(24(31)4)29-9-6-8-27(23(29)3)21-44-34-14-33(28(13-32(34)36)18-40-22(2)19-41)43-20-26-12-25(15-37)16-38-17-26/h6-14,16-17,22,40-41H,5,18-21H2,1-4H3,(H,39,42). The van der Waals surface area contributed by atoms with E-state index in [1.807, 2.05) is 64.1 Å². The van der Waals surface area contributed by atoms with Crippen molar-refractivity contribution in [3.05, 3.63) is 111 Å². The second-order valence-electron chi connectivity index (χ2n) is 10.6. The molecule has 0 aliphatic heterocycles. The molecule has 3 aromatic carbocycles. The number of carbonyl (C=O) groups is 1. The summed E-state index contributed by atoms with van der Waals surface area (Å²) in [4.78, 5) is 16.7. The number of nitriles is 1. The van der Waals surface area contributed by atoms with Crippen molar-refractivity contribution in [1.29, 1.82) is 5.26 Å². The van der Waals surface area contributed by atoms with Gasteiger partial charge in [0, 0.05) is 54.3 Å². The molecule has 0 radical (unpaired) electrons. The zero-order chi connectivity index (χ0) is 31.6. The fourth-order valence-electron chi connectivity index (χ4n) is 4.81. The van der Waals surface area contributed by atoms with Crippen molar-refractivity contribution in [2.45, 2.75) is 53.5 Å². The molecule has 0 saturated heterocycles. The summed E-state index contributed by atoms with van der Waals surface area (Å²) in [6.45, 7) is 9.23. The Hall–Kier alpha value is -4.42. The van der Waals surface area contributed by atoms with Crippen LogP contribution in [-0.2, 0) is 19.8 Å². The van der Waals surface area contributed by atoms with Crippen molar-refractivity contribution in [2.75, 3.05) is 13.2 Å². The van der Waals surface area contributed by atoms with Crippen LogP contribution in [0.5, 0.6) is 11.5 Å². The van der Waals surface area contributed by atoms with Gasteiger partial charge in [0.15, 0.2) is 0 Å². The molecule has 228 valence electrons. The maximum Gasteiger partial charge on any atom is 0.251 e. The van der Waals surface area contributed by atoms with Crippen LogP contribution in [0.4, 0.5) is 0 Å². The maximum atomic E-state index is 12.6. The van der Waals surface area contributed by atoms with Gasteiger partial charge in [0.25, 0.3) is 5.91 Å². The third-order valence-electron chi connectivity index (χ3n) is 7.38. The molecule has 0 fully saturated rings. The number of aliphatic hydroxyl groups is 1. The SMILES string of the molecule is CCNC(=O)c1cccc(-c2cccc(COc3cc(OCc4cncc(C#N)c4)c(CNC(C)CO)cc3Cl)c2C)c1C. The van der Waals surface area contributed by atoms with E-state index in [1.165, 1.54) is 6.20 Å². The molecule has 1 atom stereocenters. The van der Waals surface area contributed by atoms with Gasteiger partial charge in [0.05, 0.1) is 17.2 Å². The van der Waals surface area contributed by atoms with Crippen LogP contribution in [0, 0.1) is 25.2 Å². The molecule has 8 nitrogen and oxygen atoms in total. The Morgan fingerprint density at radius 1 is 1.00 bits per heavy atom. The van der Waals surface area contributed by atoms with E-state index < -0.39 is 0 Å². The van der Waals surface area contributed by atoms with Gasteiger partial charge >= 0.3 is 0 Å². The normalized spacial score (nSPS) is 11.5. The Balaban J connectivity index is 1.59. The zero-order valence-corrected chi connectivity index (χ0v) is 26.2. The highest BCUT2D eigenvalue weighted by molar-refractivity contribution is 6.32. The molecule has 3 N–H and O–H groups in total. The average molecular weight is 613 g/mol. The van der Waals surface area contributed by atoms with E-state index in [4.69, 9.17) is 21.1 Å². The van der Waals surface area contributed by atoms with Crippen molar-refractivity contribution in [1.82, 2.24) is 15.6 Å². The molecule has 44 heavy (non-hydrogen) atoms. The van der Waals surface area contributed by atoms with Crippen molar-refractivity contribution >= 4 is 17.5 Å². The third-order valence-corrected chi connectivity index (χ3v) is 7.68. The summed E-state index contributed by atoms with van der Waals surface area (Å²) in [5.41, 5.74) is 7.61. The number of carbonyl (C=O) groups excluding carboxylic acids is 1. The van der Waals surface area contributed by atoms with Gasteiger partial charge in [-0.3, -0.25) is 9.78 Å². The average Bonchev–Trinajstić information content (AvgIpc) is 3.03. The second kappa shape index (κ2) is 15.3. The van der Waals surface area contributed by atoms with Crippen molar-refractivity contribution in [3.63, 3.8) is 0 Å². The highest BCUT2D eigenvalue weighted by atomic mass is 35.5. The smallest absolute Gasteiger partial charge is 0.251 e. The molecule has 0 aliphatic rings. The van der Waals surface area contributed by atoms with E-state index in [1.54, 1.807) is 24.4 Å². The van der Waals surface area contributed by atoms with Crippen LogP contribution in [-0.4, -0.2) is 35.2 Å². The Labute approximate surface area is 263 Å². The summed E-state index contributed by atoms with van der Waals surface area (Å²) in [7, 11) is 0. The lowest BCUT2D eigenvalue weighted by Gasteiger charge is -2.19. The van der Waals surface area contributed by atoms with Gasteiger partial charge in [0.1, 0.15) is 30.8 Å². The van der Waals surface area contributed by atoms with Crippen molar-refractivity contribution < 1.29 is 19.4 Å². The van der Waals surface area contributed by atoms with Crippen molar-refractivity contribution in [3.8, 4) is 28.7 Å². The fourth-order valence-corrected chi connectivity index (χ4v) is 5.05. The number of benzene rings is 3. The topological polar surface area (TPSA) is 117 Å². The van der Waals surface area contributed by atoms with E-state index in [2.05, 4.69) is 21.7 Å². The van der Waals surface area contributed by atoms with Crippen LogP contribution in [0.1, 0.15) is 57.6 Å². The van der Waals surface area contributed by atoms with Gasteiger partial charge in [0.2, 0.25) is 0 Å². The lowest BCUT2D eigenvalue weighted by atomic mass is 9.91. The molecule has 0 aliphatic carbocycles. The summed E-state index contributed by atoms with van der Waals surface area (Å²) >= 11 is 6.69. The first-order valence-electron chi connectivity index (χ1n) is 14.5. The quantitative estimate of drug-likeness (QED) is 0.163. The largest absolute Gasteiger partial charge is 0.488 e. The minimum atomic E-state index is -0.116. The summed E-state index contributed by atoms with van der Waals surface area (Å²) < 4.78 is 12.4. The molecular weight excluding hydrogens is 576 g/mol. The van der Waals surface area contributed by atoms with E-state index in [0.29, 0.717) is 40.7 Å². The van der Waals surface area contributed by atoms with Crippen LogP contribution in [0.3, 0.4) is 0 Å². The summed E-state index contributed by atoms with van der Waals surface area (Å²) in [5, 5.41) is 25.2. The minimum Gasteiger partial charge on any atom is -0.488 e. The second-order valence-corrected chi connectivity index (χ2v) is 11.0. The molecule has 1 unspecified atom stereocenters. The monoisotopic (exact) mass is 612 g/mol. The molecular formula is C35H37ClN4O4. The Morgan fingerprint density at radius 3 is 2.45 bits per heavy atom. The lowest BCUT2D eigenvalue weighted by Crippen LogP contribution is -2.28. The number of amides is 1. The predicted molar refractivity (Wildman–Crippen MR) is 172 cm³/mol. The van der Waals surface area contributed by atoms with Crippen LogP contribution in [0.2, 0.25) is 5.02 Å². The Morgan fingerprint density at radius 2 is 1.73 bits per heavy atom. The summed E-state index contributed by atoms with van der Waals surface area (Å²) in [6.07, 6.45) is 3.16. The van der Waals surface area contributed by atoms with Gasteiger partial charge in [-0.05, 0) is 73.7 Å². The summed E-state index contributed by atoms with van der Waals surface area (Å²) in [5.74, 6) is 0.937. The number of pyridine rings is 1. The molecule has 9 heteroatoms. The van der Waals surface area contributed by atoms with E-state index >= 15 is 0 Å². The van der Waals surface area contributed by atoms with Gasteiger partial charge in [-0.25, -0.2) is 0 Å².